The molecule has 85 heavy (non-hydrogen) atoms. The Morgan fingerprint density at radius 1 is 0.482 bits per heavy atom. The molecule has 1 saturated heterocycles. The number of carbonyl (C=O) groups excluding carboxylic acids is 13. The van der Waals surface area contributed by atoms with E-state index in [-0.39, 0.29) is 79.2 Å². The second kappa shape index (κ2) is 39.8. The fourth-order valence-electron chi connectivity index (χ4n) is 8.02. The topological polar surface area (TPSA) is 458 Å². The van der Waals surface area contributed by atoms with E-state index in [9.17, 15) is 77.0 Å². The van der Waals surface area contributed by atoms with E-state index in [1.54, 1.807) is 27.7 Å². The highest BCUT2D eigenvalue weighted by atomic mass is 32.1. The lowest BCUT2D eigenvalue weighted by molar-refractivity contribution is -0.143. The minimum atomic E-state index is -1.71. The number of carboxylic acids is 2. The molecule has 0 radical (unpaired) electrons. The average Bonchev–Trinajstić information content (AvgIpc) is 4.04. The van der Waals surface area contributed by atoms with Crippen LogP contribution >= 0.6 is 75.8 Å². The predicted molar refractivity (Wildman–Crippen MR) is 328 cm³/mol. The molecular weight excluding hydrogens is 1240 g/mol. The Morgan fingerprint density at radius 3 is 1.32 bits per heavy atom. The van der Waals surface area contributed by atoms with E-state index in [0.29, 0.717) is 0 Å². The van der Waals surface area contributed by atoms with E-state index in [1.807, 2.05) is 0 Å². The van der Waals surface area contributed by atoms with Crippen molar-refractivity contribution in [3.05, 3.63) is 0 Å². The second-order valence-electron chi connectivity index (χ2n) is 20.4. The van der Waals surface area contributed by atoms with Crippen molar-refractivity contribution in [1.82, 2.24) is 63.4 Å². The van der Waals surface area contributed by atoms with Crippen molar-refractivity contribution in [2.75, 3.05) is 47.6 Å². The first-order chi connectivity index (χ1) is 39.9. The van der Waals surface area contributed by atoms with Gasteiger partial charge in [-0.3, -0.25) is 67.1 Å². The molecule has 0 saturated carbocycles. The van der Waals surface area contributed by atoms with E-state index in [2.05, 4.69) is 134 Å². The van der Waals surface area contributed by atoms with Gasteiger partial charge in [0.1, 0.15) is 66.5 Å². The second-order valence-corrected chi connectivity index (χ2v) is 22.7. The van der Waals surface area contributed by atoms with E-state index in [0.717, 1.165) is 4.90 Å². The molecule has 1 fully saturated rings. The number of carboxylic acid groups (broad SMARTS) is 2. The van der Waals surface area contributed by atoms with Gasteiger partial charge in [0.25, 0.3) is 0 Å². The molecule has 0 aromatic heterocycles. The minimum Gasteiger partial charge on any atom is -0.481 e. The van der Waals surface area contributed by atoms with Crippen LogP contribution in [-0.4, -0.2) is 218 Å². The zero-order valence-electron chi connectivity index (χ0n) is 47.5. The largest absolute Gasteiger partial charge is 0.481 e. The van der Waals surface area contributed by atoms with Gasteiger partial charge in [-0.05, 0) is 56.6 Å². The minimum absolute atomic E-state index is 0.0244. The molecule has 0 unspecified atom stereocenters. The quantitative estimate of drug-likeness (QED) is 0.0256. The van der Waals surface area contributed by atoms with E-state index in [4.69, 9.17) is 10.8 Å². The van der Waals surface area contributed by atoms with Crippen LogP contribution in [0, 0.1) is 11.8 Å². The van der Waals surface area contributed by atoms with Crippen LogP contribution in [0.2, 0.25) is 0 Å². The Balaban J connectivity index is 3.23. The van der Waals surface area contributed by atoms with Crippen molar-refractivity contribution in [2.45, 2.75) is 152 Å². The smallest absolute Gasteiger partial charge is 0.327 e. The Bertz CT molecular complexity index is 2400. The molecule has 15 N–H and O–H groups in total. The van der Waals surface area contributed by atoms with Crippen LogP contribution in [-0.2, 0) is 71.9 Å². The van der Waals surface area contributed by atoms with Crippen LogP contribution in [0.15, 0.2) is 0 Å². The van der Waals surface area contributed by atoms with Crippen LogP contribution in [0.25, 0.3) is 0 Å². The van der Waals surface area contributed by atoms with Crippen LogP contribution in [0.1, 0.15) is 86.0 Å². The summed E-state index contributed by atoms with van der Waals surface area (Å²) in [6.07, 6.45) is -1.52. The third-order valence-electron chi connectivity index (χ3n) is 12.4. The number of nitrogens with zero attached hydrogens (tertiary/aromatic N) is 1. The van der Waals surface area contributed by atoms with Gasteiger partial charge in [-0.25, -0.2) is 4.79 Å². The number of nitrogens with two attached hydrogens (primary N) is 1. The Labute approximate surface area is 524 Å². The third-order valence-corrected chi connectivity index (χ3v) is 14.5. The van der Waals surface area contributed by atoms with Gasteiger partial charge in [0.15, 0.2) is 0 Å². The lowest BCUT2D eigenvalue weighted by atomic mass is 10.0. The number of aliphatic carboxylic acids is 2. The molecule has 1 aliphatic rings. The fraction of sp³-hybridized carbons (Fsp3) is 0.694. The number of hydrogen-bond acceptors (Lipinski definition) is 21. The van der Waals surface area contributed by atoms with Crippen LogP contribution in [0.3, 0.4) is 0 Å². The van der Waals surface area contributed by atoms with Gasteiger partial charge < -0.3 is 79.3 Å². The van der Waals surface area contributed by atoms with Crippen LogP contribution < -0.4 is 64.2 Å². The molecule has 1 heterocycles. The summed E-state index contributed by atoms with van der Waals surface area (Å²) >= 11 is 24.5. The summed E-state index contributed by atoms with van der Waals surface area (Å²) in [5.74, 6) is -16.0. The first kappa shape index (κ1) is 77.2. The molecule has 30 nitrogen and oxygen atoms in total. The molecule has 0 spiro atoms. The molecule has 1 aliphatic heterocycles. The highest BCUT2D eigenvalue weighted by molar-refractivity contribution is 7.81. The first-order valence-electron chi connectivity index (χ1n) is 26.9. The van der Waals surface area contributed by atoms with Crippen LogP contribution in [0.5, 0.6) is 0 Å². The van der Waals surface area contributed by atoms with Gasteiger partial charge in [0.2, 0.25) is 76.8 Å². The number of nitrogens with one attached hydrogen (secondary N) is 11. The van der Waals surface area contributed by atoms with E-state index >= 15 is 0 Å². The summed E-state index contributed by atoms with van der Waals surface area (Å²) in [6, 6.07) is -15.4. The highest BCUT2D eigenvalue weighted by Crippen LogP contribution is 2.21. The van der Waals surface area contributed by atoms with Gasteiger partial charge >= 0.3 is 11.9 Å². The van der Waals surface area contributed by atoms with Crippen molar-refractivity contribution in [1.29, 1.82) is 0 Å². The van der Waals surface area contributed by atoms with Gasteiger partial charge in [0.05, 0.1) is 13.0 Å². The highest BCUT2D eigenvalue weighted by Gasteiger charge is 2.41. The maximum atomic E-state index is 14.2. The third kappa shape index (κ3) is 28.0. The molecule has 480 valence electrons. The zero-order chi connectivity index (χ0) is 64.8. The fourth-order valence-corrected chi connectivity index (χ4v) is 9.50. The molecule has 13 amide bonds. The monoisotopic (exact) mass is 1320 g/mol. The molecule has 11 atom stereocenters. The van der Waals surface area contributed by atoms with Gasteiger partial charge in [0, 0.05) is 48.2 Å². The number of thiol groups is 6. The molecule has 1 rings (SSSR count). The maximum absolute atomic E-state index is 14.2. The zero-order valence-corrected chi connectivity index (χ0v) is 52.9. The van der Waals surface area contributed by atoms with Gasteiger partial charge in [-0.2, -0.15) is 75.8 Å². The van der Waals surface area contributed by atoms with Crippen molar-refractivity contribution in [3.63, 3.8) is 0 Å². The number of hydrogen-bond donors (Lipinski definition) is 20. The standard InChI is InChI=1S/C49H81N13O17S6/c1-22(2)13-26(56-40(69)25(8-9-38(66)67)55-44(73)29(17-81)53-36(64)10-12-80)41(70)60-32(20-84)46(75)61-31(19-83)45(74)58-28(15-35(50)63)48(77)62-11-6-7-34(62)47(76)57-27(14-23(3)4)42(71)59-30(18-82)43(72)52-24(5)39(68)51-16-37(65)54-33(21-85)49(78)79/h22-34,80-85H,6-21H2,1-5H3,(H2,50,63)(H,51,68)(H,52,72)(H,53,64)(H,54,65)(H,55,73)(H,56,69)(H,57,76)(H,58,74)(H,59,71)(H,60,70)(H,61,75)(H,66,67)(H,78,79)/t24-,25-,26-,27-,28-,29-,30-,31-,32-,33-,34-/m0/s1. The molecule has 0 aliphatic carbocycles. The summed E-state index contributed by atoms with van der Waals surface area (Å²) in [5.41, 5.74) is 5.50. The number of amides is 13. The molecule has 0 aromatic rings. The number of primary amides is 1. The summed E-state index contributed by atoms with van der Waals surface area (Å²) in [6.45, 7) is 7.51. The summed E-state index contributed by atoms with van der Waals surface area (Å²) in [7, 11) is 0. The lowest BCUT2D eigenvalue weighted by Crippen LogP contribution is -2.61. The van der Waals surface area contributed by atoms with E-state index in [1.165, 1.54) is 6.92 Å². The summed E-state index contributed by atoms with van der Waals surface area (Å²) in [4.78, 5) is 197. The Hall–Kier alpha value is -5.85. The SMILES string of the molecule is CC(C)C[C@H](NC(=O)[C@H](CCC(=O)O)NC(=O)[C@H](CS)NC(=O)CCS)C(=O)N[C@@H](CS)C(=O)N[C@@H](CS)C(=O)N[C@@H](CC(N)=O)C(=O)N1CCC[C@H]1C(=O)N[C@@H](CC(C)C)C(=O)N[C@@H](CS)C(=O)N[C@@H](C)C(=O)NCC(=O)N[C@@H](CS)C(=O)O. The first-order valence-corrected chi connectivity index (χ1v) is 30.7. The average molecular weight is 1320 g/mol. The summed E-state index contributed by atoms with van der Waals surface area (Å²) in [5, 5.41) is 45.0. The molecular formula is C49H81N13O17S6. The van der Waals surface area contributed by atoms with E-state index < -0.39 is 187 Å². The molecule has 0 bridgehead atoms. The van der Waals surface area contributed by atoms with Crippen LogP contribution in [0.4, 0.5) is 0 Å². The molecule has 0 aromatic carbocycles. The number of carbonyl (C=O) groups is 15. The normalized spacial score (nSPS) is 16.4. The number of rotatable bonds is 39. The Morgan fingerprint density at radius 2 is 0.882 bits per heavy atom. The van der Waals surface area contributed by atoms with Gasteiger partial charge in [-0.1, -0.05) is 27.7 Å². The predicted octanol–water partition coefficient (Wildman–Crippen LogP) is -5.15. The Kier molecular flexibility index (Phi) is 36.1. The lowest BCUT2D eigenvalue weighted by Gasteiger charge is -2.31. The summed E-state index contributed by atoms with van der Waals surface area (Å²) < 4.78 is 0. The molecule has 36 heteroatoms. The maximum Gasteiger partial charge on any atom is 0.327 e. The van der Waals surface area contributed by atoms with Crippen molar-refractivity contribution >= 4 is 165 Å². The van der Waals surface area contributed by atoms with Crippen molar-refractivity contribution in [3.8, 4) is 0 Å². The van der Waals surface area contributed by atoms with Gasteiger partial charge in [-0.15, -0.1) is 0 Å². The van der Waals surface area contributed by atoms with Crippen molar-refractivity contribution < 1.29 is 82.1 Å². The van der Waals surface area contributed by atoms with Crippen molar-refractivity contribution in [2.24, 2.45) is 17.6 Å². The number of likely N-dealkylation sites (tertiary alicyclic amines) is 1.